The van der Waals surface area contributed by atoms with Gasteiger partial charge in [-0.3, -0.25) is 47.9 Å². The first-order valence-corrected chi connectivity index (χ1v) is 33.6. The Morgan fingerprint density at radius 1 is 0.422 bits per heavy atom. The van der Waals surface area contributed by atoms with Crippen LogP contribution in [-0.2, 0) is 95.3 Å². The Morgan fingerprint density at radius 2 is 0.771 bits per heavy atom. The highest BCUT2D eigenvalue weighted by atomic mass is 32.2. The van der Waals surface area contributed by atoms with Crippen LogP contribution in [0.5, 0.6) is 0 Å². The van der Waals surface area contributed by atoms with Crippen molar-refractivity contribution >= 4 is 133 Å². The van der Waals surface area contributed by atoms with Crippen molar-refractivity contribution in [2.45, 2.75) is 105 Å². The number of esters is 10. The maximum Gasteiger partial charge on any atom is 0.317 e. The largest absolute Gasteiger partial charge is 0.465 e. The molecule has 3 aliphatic heterocycles. The van der Waals surface area contributed by atoms with Gasteiger partial charge in [-0.25, -0.2) is 0 Å². The Balaban J connectivity index is 0.873. The number of hydrogen-bond acceptors (Lipinski definition) is 28. The van der Waals surface area contributed by atoms with E-state index < -0.39 is 142 Å². The standard InChI is InChI=1S/C55H74O22S6/c56-36(1-7-78)69-21-54(22-70-37(57)2-8-79,24-72-39(59)4-10-81-33-16-27-13-30(33)45-42(27)48(62)75-51(45)65)19-68-20-55(23-71-38(58)3-9-80,25-73-40(60)5-11-82-34-17-28-14-31(34)46-43(28)49(63)76-52(46)66)26-74-41(61)6-12-83-35-18-29-15-32(35)47-44(29)50(64)77-53(47)67/h27-35,42-47,49,51,63,65,78-80H,1-26H2. The van der Waals surface area contributed by atoms with E-state index >= 15 is 0 Å². The van der Waals surface area contributed by atoms with E-state index in [1.165, 1.54) is 23.5 Å². The SMILES string of the molecule is O=C(CCS)OCC(COCC(COC(=O)CCS)(COC(=O)CCS)COC(=O)CCSC1CC2CC1C1C(O)OC(=O)C21)(COC(=O)CCSC1CC2CC1C1C(=O)OC(=O)C21)COC(=O)CCSC1CC2CC1C1C(=O)OC(O)C21. The van der Waals surface area contributed by atoms with Gasteiger partial charge in [0.1, 0.15) is 39.6 Å². The van der Waals surface area contributed by atoms with Crippen molar-refractivity contribution in [2.75, 3.05) is 87.4 Å². The number of carbonyl (C=O) groups excluding carboxylic acids is 10. The zero-order chi connectivity index (χ0) is 59.2. The first-order chi connectivity index (χ1) is 39.9. The van der Waals surface area contributed by atoms with Gasteiger partial charge in [0.2, 0.25) is 12.6 Å². The molecule has 9 fully saturated rings. The maximum absolute atomic E-state index is 13.7. The van der Waals surface area contributed by atoms with Crippen LogP contribution in [0, 0.1) is 81.8 Å². The van der Waals surface area contributed by atoms with Crippen LogP contribution in [0.25, 0.3) is 0 Å². The topological polar surface area (TPSA) is 303 Å². The van der Waals surface area contributed by atoms with Crippen LogP contribution in [0.3, 0.4) is 0 Å². The van der Waals surface area contributed by atoms with Gasteiger partial charge < -0.3 is 57.6 Å². The highest BCUT2D eigenvalue weighted by molar-refractivity contribution is 8.00. The summed E-state index contributed by atoms with van der Waals surface area (Å²) in [7, 11) is 0. The number of thioether (sulfide) groups is 3. The molecule has 18 atom stereocenters. The molecule has 3 saturated heterocycles. The summed E-state index contributed by atoms with van der Waals surface area (Å²) in [4.78, 5) is 130. The van der Waals surface area contributed by atoms with Gasteiger partial charge in [0.15, 0.2) is 0 Å². The number of aliphatic hydroxyl groups is 2. The third-order valence-corrected chi connectivity index (χ3v) is 23.2. The fraction of sp³-hybridized carbons (Fsp3) is 0.818. The summed E-state index contributed by atoms with van der Waals surface area (Å²) in [6.45, 7) is -3.87. The summed E-state index contributed by atoms with van der Waals surface area (Å²) in [6.07, 6.45) is 1.79. The molecule has 9 aliphatic rings. The Morgan fingerprint density at radius 3 is 1.23 bits per heavy atom. The summed E-state index contributed by atoms with van der Waals surface area (Å²) in [6, 6.07) is 0. The number of thiol groups is 3. The molecule has 0 aromatic heterocycles. The van der Waals surface area contributed by atoms with Crippen LogP contribution in [0.1, 0.15) is 77.0 Å². The van der Waals surface area contributed by atoms with Crippen LogP contribution < -0.4 is 0 Å². The predicted octanol–water partition coefficient (Wildman–Crippen LogP) is 3.32. The minimum Gasteiger partial charge on any atom is -0.465 e. The molecule has 28 heteroatoms. The smallest absolute Gasteiger partial charge is 0.317 e. The minimum absolute atomic E-state index is 0.00435. The van der Waals surface area contributed by atoms with Gasteiger partial charge in [0, 0.05) is 62.1 Å². The maximum atomic E-state index is 13.7. The van der Waals surface area contributed by atoms with Crippen molar-refractivity contribution in [1.82, 2.24) is 0 Å². The molecule has 18 unspecified atom stereocenters. The minimum atomic E-state index is -1.60. The number of rotatable bonds is 34. The second kappa shape index (κ2) is 28.8. The predicted molar refractivity (Wildman–Crippen MR) is 304 cm³/mol. The van der Waals surface area contributed by atoms with E-state index in [0.717, 1.165) is 32.1 Å². The fourth-order valence-electron chi connectivity index (χ4n) is 14.5. The van der Waals surface area contributed by atoms with E-state index in [9.17, 15) is 58.2 Å². The van der Waals surface area contributed by atoms with Crippen LogP contribution in [-0.4, -0.2) is 186 Å². The number of aliphatic hydroxyl groups excluding tert-OH is 2. The molecular weight excluding hydrogens is 1200 g/mol. The molecule has 0 aromatic carbocycles. The molecule has 6 saturated carbocycles. The van der Waals surface area contributed by atoms with Gasteiger partial charge in [-0.05, 0) is 74.0 Å². The molecule has 6 aliphatic carbocycles. The Bertz CT molecular complexity index is 2410. The Hall–Kier alpha value is -3.12. The molecule has 3 heterocycles. The van der Waals surface area contributed by atoms with Gasteiger partial charge in [-0.2, -0.15) is 73.2 Å². The van der Waals surface area contributed by atoms with E-state index in [2.05, 4.69) is 37.9 Å². The number of fused-ring (bicyclic) bond motifs is 15. The molecule has 9 rings (SSSR count). The van der Waals surface area contributed by atoms with Crippen molar-refractivity contribution in [3.8, 4) is 0 Å². The molecule has 462 valence electrons. The lowest BCUT2D eigenvalue weighted by Gasteiger charge is -2.35. The summed E-state index contributed by atoms with van der Waals surface area (Å²) in [5, 5.41) is 21.0. The van der Waals surface area contributed by atoms with Crippen LogP contribution >= 0.6 is 73.2 Å². The number of hydrogen-bond donors (Lipinski definition) is 5. The second-order valence-corrected chi connectivity index (χ2v) is 29.1. The molecule has 0 radical (unpaired) electrons. The zero-order valence-electron chi connectivity index (χ0n) is 45.8. The zero-order valence-corrected chi connectivity index (χ0v) is 51.0. The molecule has 2 N–H and O–H groups in total. The van der Waals surface area contributed by atoms with Gasteiger partial charge in [0.25, 0.3) is 0 Å². The first-order valence-electron chi connectivity index (χ1n) is 28.6. The van der Waals surface area contributed by atoms with E-state index in [4.69, 9.17) is 47.4 Å². The number of ether oxygens (including phenoxy) is 10. The molecule has 0 spiro atoms. The highest BCUT2D eigenvalue weighted by Gasteiger charge is 2.65. The van der Waals surface area contributed by atoms with Gasteiger partial charge >= 0.3 is 59.7 Å². The van der Waals surface area contributed by atoms with E-state index in [-0.39, 0.29) is 137 Å². The summed E-state index contributed by atoms with van der Waals surface area (Å²) < 4.78 is 56.4. The van der Waals surface area contributed by atoms with Crippen molar-refractivity contribution in [2.24, 2.45) is 81.8 Å². The lowest BCUT2D eigenvalue weighted by molar-refractivity contribution is -0.175. The number of carbonyl (C=O) groups is 10. The molecular formula is C55H74O22S6. The van der Waals surface area contributed by atoms with Crippen molar-refractivity contribution < 1.29 is 106 Å². The van der Waals surface area contributed by atoms with Gasteiger partial charge in [0.05, 0.1) is 86.2 Å². The normalized spacial score (nSPS) is 33.7. The Kier molecular flexibility index (Phi) is 22.3. The second-order valence-electron chi connectivity index (χ2n) is 23.7. The van der Waals surface area contributed by atoms with Crippen LogP contribution in [0.2, 0.25) is 0 Å². The monoisotopic (exact) mass is 1280 g/mol. The molecule has 0 aromatic rings. The van der Waals surface area contributed by atoms with E-state index in [0.29, 0.717) is 23.7 Å². The van der Waals surface area contributed by atoms with Gasteiger partial charge in [-0.15, -0.1) is 0 Å². The van der Waals surface area contributed by atoms with E-state index in [1.54, 1.807) is 11.8 Å². The van der Waals surface area contributed by atoms with Crippen molar-refractivity contribution in [3.05, 3.63) is 0 Å². The van der Waals surface area contributed by atoms with Crippen molar-refractivity contribution in [1.29, 1.82) is 0 Å². The lowest BCUT2D eigenvalue weighted by atomic mass is 9.80. The number of cyclic esters (lactones) is 4. The summed E-state index contributed by atoms with van der Waals surface area (Å²) in [5.41, 5.74) is -3.17. The fourth-order valence-corrected chi connectivity index (χ4v) is 19.5. The highest BCUT2D eigenvalue weighted by Crippen LogP contribution is 2.62. The molecule has 22 nitrogen and oxygen atoms in total. The van der Waals surface area contributed by atoms with Crippen molar-refractivity contribution in [3.63, 3.8) is 0 Å². The summed E-state index contributed by atoms with van der Waals surface area (Å²) in [5.74, 6) is -6.07. The van der Waals surface area contributed by atoms with Gasteiger partial charge in [-0.1, -0.05) is 0 Å². The third kappa shape index (κ3) is 15.1. The average molecular weight is 1280 g/mol. The van der Waals surface area contributed by atoms with Crippen LogP contribution in [0.15, 0.2) is 0 Å². The molecule has 6 bridgehead atoms. The third-order valence-electron chi connectivity index (χ3n) is 18.3. The summed E-state index contributed by atoms with van der Waals surface area (Å²) >= 11 is 17.1. The quantitative estimate of drug-likeness (QED) is 0.0267. The molecule has 0 amide bonds. The lowest BCUT2D eigenvalue weighted by Crippen LogP contribution is -2.47. The first kappa shape index (κ1) is 64.4. The van der Waals surface area contributed by atoms with Crippen LogP contribution in [0.4, 0.5) is 0 Å². The van der Waals surface area contributed by atoms with E-state index in [1.807, 2.05) is 0 Å². The Labute approximate surface area is 510 Å². The average Bonchev–Trinajstić information content (AvgIpc) is 2.02. The molecule has 83 heavy (non-hydrogen) atoms.